The minimum atomic E-state index is -0.528. The van der Waals surface area contributed by atoms with Crippen LogP contribution in [0.5, 0.6) is 5.75 Å². The highest BCUT2D eigenvalue weighted by Gasteiger charge is 2.05. The summed E-state index contributed by atoms with van der Waals surface area (Å²) in [6.07, 6.45) is 1.09. The number of carbonyl (C=O) groups excluding carboxylic acids is 1. The first kappa shape index (κ1) is 11.1. The lowest BCUT2D eigenvalue weighted by Crippen LogP contribution is -2.03. The van der Waals surface area contributed by atoms with Gasteiger partial charge in [0.05, 0.1) is 0 Å². The maximum atomic E-state index is 11.1. The molecule has 2 aromatic rings. The summed E-state index contributed by atoms with van der Waals surface area (Å²) in [6, 6.07) is 6.19. The Kier molecular flexibility index (Phi) is 2.78. The Labute approximate surface area is 97.1 Å². The van der Waals surface area contributed by atoms with E-state index in [4.69, 9.17) is 9.15 Å². The van der Waals surface area contributed by atoms with E-state index in [0.717, 1.165) is 17.0 Å². The Morgan fingerprint density at radius 2 is 2.18 bits per heavy atom. The predicted octanol–water partition coefficient (Wildman–Crippen LogP) is 2.19. The zero-order valence-electron chi connectivity index (χ0n) is 9.23. The minimum Gasteiger partial charge on any atom is -0.423 e. The van der Waals surface area contributed by atoms with Gasteiger partial charge >= 0.3 is 11.6 Å². The summed E-state index contributed by atoms with van der Waals surface area (Å²) in [5, 5.41) is 0.735. The van der Waals surface area contributed by atoms with E-state index in [0.29, 0.717) is 11.3 Å². The molecule has 0 amide bonds. The molecule has 0 unspecified atom stereocenters. The Morgan fingerprint density at radius 1 is 1.41 bits per heavy atom. The summed E-state index contributed by atoms with van der Waals surface area (Å²) in [6.45, 7) is 5.10. The number of aryl methyl sites for hydroxylation is 1. The SMILES string of the molecule is C=CC(=O)Oc1ccc2oc(=O)cc(C)c2c1. The van der Waals surface area contributed by atoms with Crippen molar-refractivity contribution in [2.45, 2.75) is 6.92 Å². The number of esters is 1. The molecule has 4 heteroatoms. The van der Waals surface area contributed by atoms with Gasteiger partial charge in [0.25, 0.3) is 0 Å². The van der Waals surface area contributed by atoms with Gasteiger partial charge in [-0.15, -0.1) is 0 Å². The van der Waals surface area contributed by atoms with E-state index in [9.17, 15) is 9.59 Å². The fraction of sp³-hybridized carbons (Fsp3) is 0.0769. The van der Waals surface area contributed by atoms with Crippen LogP contribution in [0.25, 0.3) is 11.0 Å². The van der Waals surface area contributed by atoms with E-state index in [1.807, 2.05) is 0 Å². The quantitative estimate of drug-likeness (QED) is 0.343. The standard InChI is InChI=1S/C13H10O4/c1-3-12(14)16-9-4-5-11-10(7-9)8(2)6-13(15)17-11/h3-7H,1H2,2H3. The minimum absolute atomic E-state index is 0.388. The first-order valence-electron chi connectivity index (χ1n) is 4.99. The van der Waals surface area contributed by atoms with Crippen LogP contribution in [0.2, 0.25) is 0 Å². The molecule has 0 fully saturated rings. The Morgan fingerprint density at radius 3 is 2.88 bits per heavy atom. The molecule has 0 aliphatic rings. The highest BCUT2D eigenvalue weighted by atomic mass is 16.5. The van der Waals surface area contributed by atoms with Crippen LogP contribution >= 0.6 is 0 Å². The zero-order chi connectivity index (χ0) is 12.4. The first-order chi connectivity index (χ1) is 8.10. The van der Waals surface area contributed by atoms with Gasteiger partial charge in [0, 0.05) is 17.5 Å². The van der Waals surface area contributed by atoms with E-state index >= 15 is 0 Å². The highest BCUT2D eigenvalue weighted by Crippen LogP contribution is 2.22. The lowest BCUT2D eigenvalue weighted by atomic mass is 10.1. The van der Waals surface area contributed by atoms with Crippen molar-refractivity contribution in [2.24, 2.45) is 0 Å². The third-order valence-corrected chi connectivity index (χ3v) is 2.31. The Balaban J connectivity index is 2.54. The third-order valence-electron chi connectivity index (χ3n) is 2.31. The molecule has 2 rings (SSSR count). The molecule has 1 aromatic heterocycles. The molecule has 0 radical (unpaired) electrons. The number of hydrogen-bond acceptors (Lipinski definition) is 4. The van der Waals surface area contributed by atoms with Gasteiger partial charge in [0.15, 0.2) is 0 Å². The van der Waals surface area contributed by atoms with Gasteiger partial charge < -0.3 is 9.15 Å². The van der Waals surface area contributed by atoms with Crippen molar-refractivity contribution < 1.29 is 13.9 Å². The smallest absolute Gasteiger partial charge is 0.336 e. The van der Waals surface area contributed by atoms with Crippen molar-refractivity contribution in [1.82, 2.24) is 0 Å². The van der Waals surface area contributed by atoms with Crippen LogP contribution in [0, 0.1) is 6.92 Å². The van der Waals surface area contributed by atoms with Crippen molar-refractivity contribution in [2.75, 3.05) is 0 Å². The molecule has 4 nitrogen and oxygen atoms in total. The molecular formula is C13H10O4. The highest BCUT2D eigenvalue weighted by molar-refractivity contribution is 5.86. The molecule has 0 bridgehead atoms. The lowest BCUT2D eigenvalue weighted by Gasteiger charge is -2.04. The zero-order valence-corrected chi connectivity index (χ0v) is 9.23. The second-order valence-electron chi connectivity index (χ2n) is 3.53. The van der Waals surface area contributed by atoms with Crippen LogP contribution < -0.4 is 10.4 Å². The molecule has 0 atom stereocenters. The average Bonchev–Trinajstić information content (AvgIpc) is 2.29. The molecule has 0 N–H and O–H groups in total. The number of carbonyl (C=O) groups is 1. The van der Waals surface area contributed by atoms with E-state index in [-0.39, 0.29) is 0 Å². The van der Waals surface area contributed by atoms with Crippen molar-refractivity contribution in [1.29, 1.82) is 0 Å². The Bertz CT molecular complexity index is 652. The van der Waals surface area contributed by atoms with E-state index < -0.39 is 11.6 Å². The maximum absolute atomic E-state index is 11.1. The predicted molar refractivity (Wildman–Crippen MR) is 63.1 cm³/mol. The topological polar surface area (TPSA) is 56.5 Å². The van der Waals surface area contributed by atoms with Gasteiger partial charge in [-0.05, 0) is 30.7 Å². The van der Waals surface area contributed by atoms with Gasteiger partial charge in [-0.1, -0.05) is 6.58 Å². The van der Waals surface area contributed by atoms with Crippen molar-refractivity contribution >= 4 is 16.9 Å². The fourth-order valence-corrected chi connectivity index (χ4v) is 1.52. The molecule has 86 valence electrons. The van der Waals surface area contributed by atoms with Crippen LogP contribution in [0.3, 0.4) is 0 Å². The number of rotatable bonds is 2. The average molecular weight is 230 g/mol. The summed E-state index contributed by atoms with van der Waals surface area (Å²) in [5.41, 5.74) is 0.840. The van der Waals surface area contributed by atoms with Gasteiger partial charge in [0.1, 0.15) is 11.3 Å². The molecule has 0 aliphatic carbocycles. The monoisotopic (exact) mass is 230 g/mol. The molecule has 0 spiro atoms. The molecule has 0 saturated heterocycles. The lowest BCUT2D eigenvalue weighted by molar-refractivity contribution is -0.128. The second-order valence-corrected chi connectivity index (χ2v) is 3.53. The van der Waals surface area contributed by atoms with E-state index in [1.165, 1.54) is 6.07 Å². The van der Waals surface area contributed by atoms with Crippen LogP contribution in [0.15, 0.2) is 46.1 Å². The summed E-state index contributed by atoms with van der Waals surface area (Å²) in [4.78, 5) is 22.2. The second kappa shape index (κ2) is 4.25. The number of fused-ring (bicyclic) bond motifs is 1. The van der Waals surface area contributed by atoms with Crippen LogP contribution in [0.1, 0.15) is 5.56 Å². The van der Waals surface area contributed by atoms with Crippen LogP contribution in [-0.2, 0) is 4.79 Å². The molecule has 1 aromatic carbocycles. The summed E-state index contributed by atoms with van der Waals surface area (Å²) < 4.78 is 9.99. The third kappa shape index (κ3) is 2.25. The van der Waals surface area contributed by atoms with Gasteiger partial charge in [-0.3, -0.25) is 0 Å². The summed E-state index contributed by atoms with van der Waals surface area (Å²) in [5.74, 6) is -0.140. The molecule has 1 heterocycles. The first-order valence-corrected chi connectivity index (χ1v) is 4.99. The molecule has 17 heavy (non-hydrogen) atoms. The van der Waals surface area contributed by atoms with Gasteiger partial charge in [-0.25, -0.2) is 9.59 Å². The Hall–Kier alpha value is -2.36. The number of hydrogen-bond donors (Lipinski definition) is 0. The van der Waals surface area contributed by atoms with E-state index in [1.54, 1.807) is 25.1 Å². The van der Waals surface area contributed by atoms with Crippen LogP contribution in [0.4, 0.5) is 0 Å². The van der Waals surface area contributed by atoms with Gasteiger partial charge in [-0.2, -0.15) is 0 Å². The largest absolute Gasteiger partial charge is 0.423 e. The molecule has 0 saturated carbocycles. The van der Waals surface area contributed by atoms with Gasteiger partial charge in [0.2, 0.25) is 0 Å². The maximum Gasteiger partial charge on any atom is 0.336 e. The number of benzene rings is 1. The van der Waals surface area contributed by atoms with Crippen LogP contribution in [-0.4, -0.2) is 5.97 Å². The summed E-state index contributed by atoms with van der Waals surface area (Å²) >= 11 is 0. The van der Waals surface area contributed by atoms with Crippen molar-refractivity contribution in [3.63, 3.8) is 0 Å². The normalized spacial score (nSPS) is 10.2. The number of ether oxygens (including phenoxy) is 1. The molecule has 0 aliphatic heterocycles. The van der Waals surface area contributed by atoms with Crippen molar-refractivity contribution in [3.8, 4) is 5.75 Å². The van der Waals surface area contributed by atoms with E-state index in [2.05, 4.69) is 6.58 Å². The summed E-state index contributed by atoms with van der Waals surface area (Å²) in [7, 11) is 0. The fourth-order valence-electron chi connectivity index (χ4n) is 1.52. The molecular weight excluding hydrogens is 220 g/mol. The van der Waals surface area contributed by atoms with Crippen molar-refractivity contribution in [3.05, 3.63) is 52.9 Å².